The van der Waals surface area contributed by atoms with E-state index < -0.39 is 5.97 Å². The minimum atomic E-state index is -0.426. The first kappa shape index (κ1) is 17.9. The molecule has 0 radical (unpaired) electrons. The first-order valence-electron chi connectivity index (χ1n) is 8.33. The highest BCUT2D eigenvalue weighted by Crippen LogP contribution is 2.30. The van der Waals surface area contributed by atoms with Crippen LogP contribution >= 0.6 is 11.3 Å². The molecule has 0 spiro atoms. The summed E-state index contributed by atoms with van der Waals surface area (Å²) in [6, 6.07) is 8.30. The summed E-state index contributed by atoms with van der Waals surface area (Å²) in [5.74, 6) is -0.426. The maximum atomic E-state index is 11.8. The maximum absolute atomic E-state index is 11.8. The summed E-state index contributed by atoms with van der Waals surface area (Å²) < 4.78 is 6.96. The molecule has 26 heavy (non-hydrogen) atoms. The normalized spacial score (nSPS) is 11.2. The van der Waals surface area contributed by atoms with Gasteiger partial charge in [0, 0.05) is 22.0 Å². The highest BCUT2D eigenvalue weighted by Gasteiger charge is 2.19. The number of nitriles is 1. The molecule has 0 aliphatic rings. The van der Waals surface area contributed by atoms with E-state index in [4.69, 9.17) is 4.74 Å². The van der Waals surface area contributed by atoms with Crippen molar-refractivity contribution < 1.29 is 9.53 Å². The molecule has 0 amide bonds. The molecule has 3 heterocycles. The number of carbonyl (C=O) groups excluding carboxylic acids is 1. The van der Waals surface area contributed by atoms with Gasteiger partial charge in [-0.25, -0.2) is 9.78 Å². The number of hydrogen-bond acceptors (Lipinski definition) is 5. The van der Waals surface area contributed by atoms with Crippen molar-refractivity contribution in [1.29, 1.82) is 5.26 Å². The molecule has 0 saturated heterocycles. The van der Waals surface area contributed by atoms with E-state index in [0.717, 1.165) is 27.2 Å². The van der Waals surface area contributed by atoms with Crippen LogP contribution in [0.1, 0.15) is 34.3 Å². The molecule has 0 bridgehead atoms. The molecule has 0 saturated carbocycles. The van der Waals surface area contributed by atoms with Gasteiger partial charge in [0.2, 0.25) is 0 Å². The van der Waals surface area contributed by atoms with Crippen molar-refractivity contribution >= 4 is 34.4 Å². The molecule has 5 nitrogen and oxygen atoms in total. The Bertz CT molecular complexity index is 1020. The fraction of sp³-hybridized carbons (Fsp3) is 0.250. The number of aromatic nitrogens is 2. The molecule has 0 fully saturated rings. The lowest BCUT2D eigenvalue weighted by Crippen LogP contribution is -2.04. The summed E-state index contributed by atoms with van der Waals surface area (Å²) in [6.07, 6.45) is 3.02. The number of ether oxygens (including phenoxy) is 1. The number of pyridine rings is 1. The van der Waals surface area contributed by atoms with Crippen molar-refractivity contribution in [3.05, 3.63) is 57.0 Å². The molecular formula is C20H19N3O2S. The first-order valence-corrected chi connectivity index (χ1v) is 9.20. The van der Waals surface area contributed by atoms with Crippen LogP contribution in [-0.4, -0.2) is 22.1 Å². The quantitative estimate of drug-likeness (QED) is 0.502. The van der Waals surface area contributed by atoms with Gasteiger partial charge in [-0.1, -0.05) is 6.07 Å². The zero-order valence-electron chi connectivity index (χ0n) is 14.9. The third-order valence-electron chi connectivity index (χ3n) is 4.05. The van der Waals surface area contributed by atoms with Crippen molar-refractivity contribution in [3.63, 3.8) is 0 Å². The lowest BCUT2D eigenvalue weighted by Gasteiger charge is -2.07. The number of hydrogen-bond donors (Lipinski definition) is 0. The largest absolute Gasteiger partial charge is 0.463 e. The van der Waals surface area contributed by atoms with Crippen molar-refractivity contribution in [2.24, 2.45) is 0 Å². The van der Waals surface area contributed by atoms with Crippen molar-refractivity contribution in [3.8, 4) is 6.07 Å². The van der Waals surface area contributed by atoms with E-state index in [1.807, 2.05) is 42.0 Å². The number of nitrogens with zero attached hydrogens (tertiary/aromatic N) is 3. The van der Waals surface area contributed by atoms with Crippen molar-refractivity contribution in [1.82, 2.24) is 9.55 Å². The Morgan fingerprint density at radius 2 is 2.27 bits per heavy atom. The van der Waals surface area contributed by atoms with Gasteiger partial charge in [0.1, 0.15) is 11.7 Å². The predicted octanol–water partition coefficient (Wildman–Crippen LogP) is 4.21. The van der Waals surface area contributed by atoms with Crippen LogP contribution in [-0.2, 0) is 16.1 Å². The van der Waals surface area contributed by atoms with Gasteiger partial charge in [-0.05, 0) is 49.9 Å². The smallest absolute Gasteiger partial charge is 0.330 e. The summed E-state index contributed by atoms with van der Waals surface area (Å²) in [4.78, 5) is 17.6. The fourth-order valence-electron chi connectivity index (χ4n) is 3.04. The highest BCUT2D eigenvalue weighted by atomic mass is 32.1. The zero-order chi connectivity index (χ0) is 18.7. The summed E-state index contributed by atoms with van der Waals surface area (Å²) in [7, 11) is 0. The minimum absolute atomic E-state index is 0.312. The molecule has 132 valence electrons. The van der Waals surface area contributed by atoms with E-state index in [-0.39, 0.29) is 0 Å². The van der Waals surface area contributed by atoms with Crippen LogP contribution in [0.5, 0.6) is 0 Å². The molecule has 6 heteroatoms. The molecular weight excluding hydrogens is 346 g/mol. The number of esters is 1. The van der Waals surface area contributed by atoms with E-state index in [2.05, 4.69) is 11.1 Å². The van der Waals surface area contributed by atoms with E-state index >= 15 is 0 Å². The third-order valence-corrected chi connectivity index (χ3v) is 4.91. The van der Waals surface area contributed by atoms with Crippen molar-refractivity contribution in [2.75, 3.05) is 6.61 Å². The van der Waals surface area contributed by atoms with Crippen molar-refractivity contribution in [2.45, 2.75) is 27.3 Å². The minimum Gasteiger partial charge on any atom is -0.463 e. The average Bonchev–Trinajstić information content (AvgIpc) is 3.20. The average molecular weight is 365 g/mol. The zero-order valence-corrected chi connectivity index (χ0v) is 15.8. The number of aryl methyl sites for hydroxylation is 2. The van der Waals surface area contributed by atoms with Gasteiger partial charge in [-0.2, -0.15) is 5.26 Å². The molecule has 0 aliphatic heterocycles. The number of rotatable bonds is 5. The highest BCUT2D eigenvalue weighted by molar-refractivity contribution is 7.09. The van der Waals surface area contributed by atoms with Crippen LogP contribution in [0.15, 0.2) is 29.7 Å². The van der Waals surface area contributed by atoms with Crippen LogP contribution < -0.4 is 0 Å². The molecule has 3 rings (SSSR count). The van der Waals surface area contributed by atoms with Gasteiger partial charge in [0.25, 0.3) is 0 Å². The lowest BCUT2D eigenvalue weighted by molar-refractivity contribution is -0.137. The molecule has 3 aromatic rings. The van der Waals surface area contributed by atoms with E-state index in [9.17, 15) is 10.1 Å². The van der Waals surface area contributed by atoms with Gasteiger partial charge < -0.3 is 9.30 Å². The number of carbonyl (C=O) groups is 1. The standard InChI is InChI=1S/C20H19N3O2S/c1-4-25-18(24)8-7-17-16(11-21)19-13(2)10-14(3)22-20(19)23(17)12-15-6-5-9-26-15/h5-10H,4,12H2,1-3H3/b8-7+. The Morgan fingerprint density at radius 3 is 2.92 bits per heavy atom. The predicted molar refractivity (Wildman–Crippen MR) is 103 cm³/mol. The van der Waals surface area contributed by atoms with Gasteiger partial charge in [0.15, 0.2) is 0 Å². The second-order valence-electron chi connectivity index (χ2n) is 5.90. The third kappa shape index (κ3) is 3.39. The Balaban J connectivity index is 2.24. The summed E-state index contributed by atoms with van der Waals surface area (Å²) >= 11 is 1.65. The Hall–Kier alpha value is -2.91. The van der Waals surface area contributed by atoms with Crippen LogP contribution in [0.3, 0.4) is 0 Å². The maximum Gasteiger partial charge on any atom is 0.330 e. The molecule has 0 atom stereocenters. The molecule has 0 unspecified atom stereocenters. The first-order chi connectivity index (χ1) is 12.5. The second kappa shape index (κ2) is 7.54. The fourth-order valence-corrected chi connectivity index (χ4v) is 3.73. The number of thiophene rings is 1. The summed E-state index contributed by atoms with van der Waals surface area (Å²) in [5, 5.41) is 12.6. The van der Waals surface area contributed by atoms with Crippen LogP contribution in [0.25, 0.3) is 17.1 Å². The van der Waals surface area contributed by atoms with Gasteiger partial charge in [0.05, 0.1) is 24.4 Å². The van der Waals surface area contributed by atoms with Gasteiger partial charge >= 0.3 is 5.97 Å². The Morgan fingerprint density at radius 1 is 1.46 bits per heavy atom. The van der Waals surface area contributed by atoms with Crippen LogP contribution in [0, 0.1) is 25.2 Å². The monoisotopic (exact) mass is 365 g/mol. The van der Waals surface area contributed by atoms with Crippen LogP contribution in [0.4, 0.5) is 0 Å². The van der Waals surface area contributed by atoms with Crippen LogP contribution in [0.2, 0.25) is 0 Å². The molecule has 0 aromatic carbocycles. The van der Waals surface area contributed by atoms with Gasteiger partial charge in [-0.3, -0.25) is 0 Å². The Kier molecular flexibility index (Phi) is 5.19. The van der Waals surface area contributed by atoms with E-state index in [1.165, 1.54) is 6.08 Å². The van der Waals surface area contributed by atoms with E-state index in [1.54, 1.807) is 24.3 Å². The summed E-state index contributed by atoms with van der Waals surface area (Å²) in [5.41, 5.74) is 3.85. The lowest BCUT2D eigenvalue weighted by atomic mass is 10.1. The number of fused-ring (bicyclic) bond motifs is 1. The SMILES string of the molecule is CCOC(=O)/C=C/c1c(C#N)c2c(C)cc(C)nc2n1Cc1cccs1. The Labute approximate surface area is 156 Å². The molecule has 3 aromatic heterocycles. The second-order valence-corrected chi connectivity index (χ2v) is 6.93. The summed E-state index contributed by atoms with van der Waals surface area (Å²) in [6.45, 7) is 6.58. The van der Waals surface area contributed by atoms with Gasteiger partial charge in [-0.15, -0.1) is 11.3 Å². The topological polar surface area (TPSA) is 67.9 Å². The van der Waals surface area contributed by atoms with E-state index in [0.29, 0.717) is 24.4 Å². The molecule has 0 aliphatic carbocycles. The molecule has 0 N–H and O–H groups in total.